The predicted octanol–water partition coefficient (Wildman–Crippen LogP) is 4.07. The fourth-order valence-corrected chi connectivity index (χ4v) is 1.54. The number of hydrogen-bond acceptors (Lipinski definition) is 2. The van der Waals surface area contributed by atoms with Crippen LogP contribution in [0.3, 0.4) is 0 Å². The smallest absolute Gasteiger partial charge is 0.311 e. The number of esters is 1. The number of carbonyl (C=O) groups excluding carboxylic acids is 1. The van der Waals surface area contributed by atoms with E-state index in [1.807, 2.05) is 18.2 Å². The summed E-state index contributed by atoms with van der Waals surface area (Å²) in [5, 5.41) is 0. The molecule has 1 rings (SSSR count). The topological polar surface area (TPSA) is 26.3 Å². The molecule has 0 aromatic heterocycles. The Balaban J connectivity index is 0.00000256. The van der Waals surface area contributed by atoms with Crippen molar-refractivity contribution in [2.45, 2.75) is 45.4 Å². The van der Waals surface area contributed by atoms with Crippen molar-refractivity contribution in [1.29, 1.82) is 0 Å². The standard InChI is InChI=1S/C14H20O2.H2S/c1-2-3-4-5-9-12-14(15)16-13-10-7-6-8-11-13;/h6-8,10-11H,2-5,9,12H2,1H3;1H2. The van der Waals surface area contributed by atoms with Crippen molar-refractivity contribution >= 4 is 19.5 Å². The summed E-state index contributed by atoms with van der Waals surface area (Å²) in [5.41, 5.74) is 0. The maximum Gasteiger partial charge on any atom is 0.311 e. The Morgan fingerprint density at radius 2 is 1.71 bits per heavy atom. The first-order valence-electron chi connectivity index (χ1n) is 6.08. The van der Waals surface area contributed by atoms with Gasteiger partial charge >= 0.3 is 5.97 Å². The summed E-state index contributed by atoms with van der Waals surface area (Å²) >= 11 is 0. The van der Waals surface area contributed by atoms with Gasteiger partial charge in [0.2, 0.25) is 0 Å². The molecule has 0 saturated heterocycles. The normalized spacial score (nSPS) is 9.47. The van der Waals surface area contributed by atoms with Crippen molar-refractivity contribution in [2.24, 2.45) is 0 Å². The summed E-state index contributed by atoms with van der Waals surface area (Å²) in [4.78, 5) is 11.4. The van der Waals surface area contributed by atoms with Crippen LogP contribution in [0.4, 0.5) is 0 Å². The SMILES string of the molecule is CCCCCCCC(=O)Oc1ccccc1.S. The van der Waals surface area contributed by atoms with Gasteiger partial charge in [0.15, 0.2) is 0 Å². The predicted molar refractivity (Wildman–Crippen MR) is 75.8 cm³/mol. The lowest BCUT2D eigenvalue weighted by Crippen LogP contribution is -2.07. The van der Waals surface area contributed by atoms with E-state index in [4.69, 9.17) is 4.74 Å². The second kappa shape index (κ2) is 10.2. The Kier molecular flexibility index (Phi) is 9.63. The van der Waals surface area contributed by atoms with Gasteiger partial charge in [-0.2, -0.15) is 13.5 Å². The zero-order chi connectivity index (χ0) is 11.6. The molecule has 0 fully saturated rings. The van der Waals surface area contributed by atoms with Crippen LogP contribution >= 0.6 is 13.5 Å². The lowest BCUT2D eigenvalue weighted by molar-refractivity contribution is -0.134. The summed E-state index contributed by atoms with van der Waals surface area (Å²) in [6.07, 6.45) is 6.29. The number of unbranched alkanes of at least 4 members (excludes halogenated alkanes) is 4. The van der Waals surface area contributed by atoms with Gasteiger partial charge in [0.05, 0.1) is 0 Å². The molecule has 0 aliphatic heterocycles. The first-order valence-corrected chi connectivity index (χ1v) is 6.08. The van der Waals surface area contributed by atoms with E-state index in [0.717, 1.165) is 12.8 Å². The van der Waals surface area contributed by atoms with E-state index in [2.05, 4.69) is 6.92 Å². The Morgan fingerprint density at radius 3 is 2.35 bits per heavy atom. The Hall–Kier alpha value is -0.960. The maximum absolute atomic E-state index is 11.4. The highest BCUT2D eigenvalue weighted by molar-refractivity contribution is 7.59. The fourth-order valence-electron chi connectivity index (χ4n) is 1.54. The van der Waals surface area contributed by atoms with Crippen LogP contribution in [0.15, 0.2) is 30.3 Å². The second-order valence-electron chi connectivity index (χ2n) is 3.95. The number of benzene rings is 1. The molecular weight excluding hydrogens is 232 g/mol. The Morgan fingerprint density at radius 1 is 1.06 bits per heavy atom. The van der Waals surface area contributed by atoms with E-state index in [0.29, 0.717) is 12.2 Å². The average molecular weight is 254 g/mol. The summed E-state index contributed by atoms with van der Waals surface area (Å²) in [6, 6.07) is 9.24. The number of rotatable bonds is 7. The molecule has 0 saturated carbocycles. The van der Waals surface area contributed by atoms with Gasteiger partial charge in [-0.3, -0.25) is 4.79 Å². The van der Waals surface area contributed by atoms with Crippen LogP contribution in [0.5, 0.6) is 5.75 Å². The van der Waals surface area contributed by atoms with Crippen molar-refractivity contribution < 1.29 is 9.53 Å². The van der Waals surface area contributed by atoms with Gasteiger partial charge < -0.3 is 4.74 Å². The summed E-state index contributed by atoms with van der Waals surface area (Å²) in [5.74, 6) is 0.517. The van der Waals surface area contributed by atoms with Crippen molar-refractivity contribution in [3.8, 4) is 5.75 Å². The molecular formula is C14H22O2S. The van der Waals surface area contributed by atoms with Crippen molar-refractivity contribution in [3.63, 3.8) is 0 Å². The van der Waals surface area contributed by atoms with E-state index >= 15 is 0 Å². The molecule has 2 nitrogen and oxygen atoms in total. The van der Waals surface area contributed by atoms with Gasteiger partial charge in [0.25, 0.3) is 0 Å². The van der Waals surface area contributed by atoms with E-state index in [9.17, 15) is 4.79 Å². The van der Waals surface area contributed by atoms with Crippen molar-refractivity contribution in [1.82, 2.24) is 0 Å². The van der Waals surface area contributed by atoms with Crippen molar-refractivity contribution in [2.75, 3.05) is 0 Å². The first kappa shape index (κ1) is 16.0. The van der Waals surface area contributed by atoms with Crippen LogP contribution < -0.4 is 4.74 Å². The molecule has 1 aromatic carbocycles. The minimum Gasteiger partial charge on any atom is -0.427 e. The first-order chi connectivity index (χ1) is 7.83. The molecule has 3 heteroatoms. The second-order valence-corrected chi connectivity index (χ2v) is 3.95. The highest BCUT2D eigenvalue weighted by Gasteiger charge is 2.03. The molecule has 17 heavy (non-hydrogen) atoms. The van der Waals surface area contributed by atoms with Crippen LogP contribution in [-0.2, 0) is 4.79 Å². The molecule has 1 aromatic rings. The third-order valence-corrected chi connectivity index (χ3v) is 2.46. The summed E-state index contributed by atoms with van der Waals surface area (Å²) in [6.45, 7) is 2.18. The molecule has 0 unspecified atom stereocenters. The van der Waals surface area contributed by atoms with E-state index in [1.54, 1.807) is 12.1 Å². The van der Waals surface area contributed by atoms with Crippen LogP contribution in [0.25, 0.3) is 0 Å². The van der Waals surface area contributed by atoms with Gasteiger partial charge in [0.1, 0.15) is 5.75 Å². The lowest BCUT2D eigenvalue weighted by Gasteiger charge is -2.03. The van der Waals surface area contributed by atoms with E-state index in [1.165, 1.54) is 19.3 Å². The molecule has 0 heterocycles. The Labute approximate surface area is 111 Å². The average Bonchev–Trinajstić information content (AvgIpc) is 2.30. The van der Waals surface area contributed by atoms with Gasteiger partial charge in [-0.25, -0.2) is 0 Å². The van der Waals surface area contributed by atoms with Gasteiger partial charge in [-0.1, -0.05) is 50.8 Å². The van der Waals surface area contributed by atoms with E-state index < -0.39 is 0 Å². The van der Waals surface area contributed by atoms with Gasteiger partial charge in [-0.15, -0.1) is 0 Å². The number of carbonyl (C=O) groups is 1. The lowest BCUT2D eigenvalue weighted by atomic mass is 10.1. The molecule has 0 N–H and O–H groups in total. The molecule has 0 bridgehead atoms. The van der Waals surface area contributed by atoms with Crippen LogP contribution in [0.1, 0.15) is 45.4 Å². The molecule has 0 amide bonds. The van der Waals surface area contributed by atoms with Gasteiger partial charge in [0, 0.05) is 6.42 Å². The maximum atomic E-state index is 11.4. The van der Waals surface area contributed by atoms with Crippen LogP contribution in [-0.4, -0.2) is 5.97 Å². The Bertz CT molecular complexity index is 298. The summed E-state index contributed by atoms with van der Waals surface area (Å²) in [7, 11) is 0. The zero-order valence-electron chi connectivity index (χ0n) is 10.4. The number of hydrogen-bond donors (Lipinski definition) is 0. The molecule has 0 atom stereocenters. The van der Waals surface area contributed by atoms with E-state index in [-0.39, 0.29) is 19.5 Å². The zero-order valence-corrected chi connectivity index (χ0v) is 11.4. The number of ether oxygens (including phenoxy) is 1. The van der Waals surface area contributed by atoms with Crippen LogP contribution in [0, 0.1) is 0 Å². The van der Waals surface area contributed by atoms with Crippen LogP contribution in [0.2, 0.25) is 0 Å². The molecule has 0 aliphatic carbocycles. The fraction of sp³-hybridized carbons (Fsp3) is 0.500. The molecule has 0 radical (unpaired) electrons. The van der Waals surface area contributed by atoms with Crippen molar-refractivity contribution in [3.05, 3.63) is 30.3 Å². The largest absolute Gasteiger partial charge is 0.427 e. The highest BCUT2D eigenvalue weighted by atomic mass is 32.1. The quantitative estimate of drug-likeness (QED) is 0.416. The third-order valence-electron chi connectivity index (χ3n) is 2.46. The monoisotopic (exact) mass is 254 g/mol. The summed E-state index contributed by atoms with van der Waals surface area (Å²) < 4.78 is 5.18. The van der Waals surface area contributed by atoms with Gasteiger partial charge in [-0.05, 0) is 18.6 Å². The molecule has 0 aliphatic rings. The minimum atomic E-state index is -0.123. The third kappa shape index (κ3) is 7.86. The highest BCUT2D eigenvalue weighted by Crippen LogP contribution is 2.11. The molecule has 96 valence electrons. The molecule has 0 spiro atoms. The minimum absolute atomic E-state index is 0. The number of para-hydroxylation sites is 1.